The molecular weight excluding hydrogens is 162 g/mol. The zero-order valence-electron chi connectivity index (χ0n) is 8.92. The highest BCUT2D eigenvalue weighted by atomic mass is 16.3. The lowest BCUT2D eigenvalue weighted by atomic mass is 9.79. The second kappa shape index (κ2) is 5.61. The van der Waals surface area contributed by atoms with Crippen molar-refractivity contribution in [3.8, 4) is 0 Å². The van der Waals surface area contributed by atoms with Crippen molar-refractivity contribution in [2.75, 3.05) is 13.2 Å². The van der Waals surface area contributed by atoms with Crippen LogP contribution < -0.4 is 5.32 Å². The van der Waals surface area contributed by atoms with Gasteiger partial charge in [-0.15, -0.1) is 0 Å². The van der Waals surface area contributed by atoms with Gasteiger partial charge >= 0.3 is 0 Å². The van der Waals surface area contributed by atoms with Crippen LogP contribution in [0.4, 0.5) is 0 Å². The van der Waals surface area contributed by atoms with Crippen LogP contribution in [-0.2, 0) is 0 Å². The fraction of sp³-hybridized carbons (Fsp3) is 1.00. The Morgan fingerprint density at radius 1 is 1.38 bits per heavy atom. The highest BCUT2D eigenvalue weighted by molar-refractivity contribution is 4.82. The smallest absolute Gasteiger partial charge is 0.0474 e. The van der Waals surface area contributed by atoms with E-state index in [1.165, 1.54) is 25.7 Å². The molecule has 3 atom stereocenters. The predicted molar refractivity (Wildman–Crippen MR) is 55.7 cm³/mol. The van der Waals surface area contributed by atoms with Crippen LogP contribution >= 0.6 is 0 Å². The molecule has 2 nitrogen and oxygen atoms in total. The second-order valence-corrected chi connectivity index (χ2v) is 4.42. The fourth-order valence-corrected chi connectivity index (χ4v) is 2.30. The molecule has 3 unspecified atom stereocenters. The van der Waals surface area contributed by atoms with E-state index in [2.05, 4.69) is 19.2 Å². The maximum Gasteiger partial charge on any atom is 0.0474 e. The Morgan fingerprint density at radius 2 is 2.15 bits per heavy atom. The molecule has 1 aliphatic carbocycles. The van der Waals surface area contributed by atoms with Crippen molar-refractivity contribution in [2.45, 2.75) is 45.6 Å². The van der Waals surface area contributed by atoms with Crippen LogP contribution in [0.25, 0.3) is 0 Å². The lowest BCUT2D eigenvalue weighted by molar-refractivity contribution is 0.129. The highest BCUT2D eigenvalue weighted by Crippen LogP contribution is 2.28. The summed E-state index contributed by atoms with van der Waals surface area (Å²) >= 11 is 0. The van der Waals surface area contributed by atoms with Crippen LogP contribution in [-0.4, -0.2) is 24.3 Å². The highest BCUT2D eigenvalue weighted by Gasteiger charge is 2.27. The van der Waals surface area contributed by atoms with Gasteiger partial charge in [-0.2, -0.15) is 0 Å². The zero-order chi connectivity index (χ0) is 9.68. The third kappa shape index (κ3) is 3.28. The van der Waals surface area contributed by atoms with Gasteiger partial charge in [-0.25, -0.2) is 0 Å². The van der Waals surface area contributed by atoms with E-state index in [1.807, 2.05) is 0 Å². The van der Waals surface area contributed by atoms with Gasteiger partial charge in [0.1, 0.15) is 0 Å². The average molecular weight is 185 g/mol. The van der Waals surface area contributed by atoms with E-state index in [4.69, 9.17) is 0 Å². The van der Waals surface area contributed by atoms with Gasteiger partial charge < -0.3 is 10.4 Å². The molecule has 0 amide bonds. The summed E-state index contributed by atoms with van der Waals surface area (Å²) in [5, 5.41) is 12.8. The number of rotatable bonds is 4. The molecule has 2 heteroatoms. The minimum absolute atomic E-state index is 0.353. The molecule has 0 aliphatic heterocycles. The number of aliphatic hydroxyl groups is 1. The zero-order valence-corrected chi connectivity index (χ0v) is 8.92. The monoisotopic (exact) mass is 185 g/mol. The van der Waals surface area contributed by atoms with E-state index < -0.39 is 0 Å². The minimum Gasteiger partial charge on any atom is -0.396 e. The van der Waals surface area contributed by atoms with Crippen LogP contribution in [0.15, 0.2) is 0 Å². The Morgan fingerprint density at radius 3 is 2.77 bits per heavy atom. The molecule has 0 heterocycles. The average Bonchev–Trinajstić information content (AvgIpc) is 2.16. The molecule has 0 radical (unpaired) electrons. The number of aliphatic hydroxyl groups excluding tert-OH is 1. The first-order chi connectivity index (χ1) is 6.27. The van der Waals surface area contributed by atoms with E-state index in [0.29, 0.717) is 18.6 Å². The lowest BCUT2D eigenvalue weighted by Gasteiger charge is -2.34. The molecule has 1 aliphatic rings. The first kappa shape index (κ1) is 11.0. The van der Waals surface area contributed by atoms with Crippen molar-refractivity contribution >= 4 is 0 Å². The normalized spacial score (nSPS) is 34.8. The van der Waals surface area contributed by atoms with Crippen molar-refractivity contribution in [2.24, 2.45) is 11.8 Å². The maximum atomic E-state index is 9.24. The lowest BCUT2D eigenvalue weighted by Crippen LogP contribution is -2.42. The topological polar surface area (TPSA) is 32.3 Å². The van der Waals surface area contributed by atoms with Crippen LogP contribution in [0.3, 0.4) is 0 Å². The van der Waals surface area contributed by atoms with Crippen LogP contribution in [0.5, 0.6) is 0 Å². The Balaban J connectivity index is 2.33. The molecule has 0 bridgehead atoms. The Kier molecular flexibility index (Phi) is 4.74. The first-order valence-electron chi connectivity index (χ1n) is 5.62. The SMILES string of the molecule is CCCNC1CCC(C)CC1CO. The third-order valence-electron chi connectivity index (χ3n) is 3.14. The summed E-state index contributed by atoms with van der Waals surface area (Å²) in [5.74, 6) is 1.30. The summed E-state index contributed by atoms with van der Waals surface area (Å²) < 4.78 is 0. The summed E-state index contributed by atoms with van der Waals surface area (Å²) in [6, 6.07) is 0.571. The van der Waals surface area contributed by atoms with Crippen LogP contribution in [0.2, 0.25) is 0 Å². The van der Waals surface area contributed by atoms with Gasteiger partial charge in [0, 0.05) is 12.6 Å². The van der Waals surface area contributed by atoms with E-state index in [0.717, 1.165) is 12.5 Å². The van der Waals surface area contributed by atoms with Crippen molar-refractivity contribution in [1.82, 2.24) is 5.32 Å². The summed E-state index contributed by atoms with van der Waals surface area (Å²) in [6.07, 6.45) is 4.94. The van der Waals surface area contributed by atoms with Gasteiger partial charge in [0.15, 0.2) is 0 Å². The molecule has 0 aromatic heterocycles. The van der Waals surface area contributed by atoms with E-state index in [1.54, 1.807) is 0 Å². The molecule has 0 spiro atoms. The summed E-state index contributed by atoms with van der Waals surface area (Å²) in [5.41, 5.74) is 0. The summed E-state index contributed by atoms with van der Waals surface area (Å²) in [7, 11) is 0. The van der Waals surface area contributed by atoms with Gasteiger partial charge in [0.05, 0.1) is 0 Å². The van der Waals surface area contributed by atoms with E-state index >= 15 is 0 Å². The quantitative estimate of drug-likeness (QED) is 0.700. The molecule has 13 heavy (non-hydrogen) atoms. The van der Waals surface area contributed by atoms with E-state index in [-0.39, 0.29) is 0 Å². The minimum atomic E-state index is 0.353. The van der Waals surface area contributed by atoms with Gasteiger partial charge in [0.2, 0.25) is 0 Å². The van der Waals surface area contributed by atoms with Gasteiger partial charge in [-0.3, -0.25) is 0 Å². The number of nitrogens with one attached hydrogen (secondary N) is 1. The standard InChI is InChI=1S/C11H23NO/c1-3-6-12-11-5-4-9(2)7-10(11)8-13/h9-13H,3-8H2,1-2H3. The molecule has 78 valence electrons. The van der Waals surface area contributed by atoms with Gasteiger partial charge in [-0.05, 0) is 44.1 Å². The number of hydrogen-bond acceptors (Lipinski definition) is 2. The van der Waals surface area contributed by atoms with Gasteiger partial charge in [-0.1, -0.05) is 13.8 Å². The Hall–Kier alpha value is -0.0800. The first-order valence-corrected chi connectivity index (χ1v) is 5.62. The molecule has 2 N–H and O–H groups in total. The molecule has 1 rings (SSSR count). The molecule has 1 saturated carbocycles. The van der Waals surface area contributed by atoms with Crippen molar-refractivity contribution in [3.63, 3.8) is 0 Å². The summed E-state index contributed by atoms with van der Waals surface area (Å²) in [4.78, 5) is 0. The van der Waals surface area contributed by atoms with Crippen molar-refractivity contribution in [1.29, 1.82) is 0 Å². The fourth-order valence-electron chi connectivity index (χ4n) is 2.30. The largest absolute Gasteiger partial charge is 0.396 e. The van der Waals surface area contributed by atoms with Gasteiger partial charge in [0.25, 0.3) is 0 Å². The Bertz CT molecular complexity index is 136. The maximum absolute atomic E-state index is 9.24. The second-order valence-electron chi connectivity index (χ2n) is 4.42. The molecule has 0 saturated heterocycles. The predicted octanol–water partition coefficient (Wildman–Crippen LogP) is 1.78. The Labute approximate surface area is 81.7 Å². The number of hydrogen-bond donors (Lipinski definition) is 2. The molecule has 0 aromatic carbocycles. The molecule has 0 aromatic rings. The molecular formula is C11H23NO. The summed E-state index contributed by atoms with van der Waals surface area (Å²) in [6.45, 7) is 5.92. The van der Waals surface area contributed by atoms with Crippen LogP contribution in [0.1, 0.15) is 39.5 Å². The van der Waals surface area contributed by atoms with Crippen LogP contribution in [0, 0.1) is 11.8 Å². The van der Waals surface area contributed by atoms with E-state index in [9.17, 15) is 5.11 Å². The third-order valence-corrected chi connectivity index (χ3v) is 3.14. The van der Waals surface area contributed by atoms with Crippen molar-refractivity contribution in [3.05, 3.63) is 0 Å². The molecule has 1 fully saturated rings. The van der Waals surface area contributed by atoms with Crippen molar-refractivity contribution < 1.29 is 5.11 Å².